The minimum Gasteiger partial charge on any atom is -0.396 e. The number of likely N-dealkylation sites (tertiary alicyclic amines) is 1. The summed E-state index contributed by atoms with van der Waals surface area (Å²) < 4.78 is 0. The van der Waals surface area contributed by atoms with Crippen molar-refractivity contribution in [2.24, 2.45) is 0 Å². The largest absolute Gasteiger partial charge is 0.396 e. The molecule has 0 spiro atoms. The van der Waals surface area contributed by atoms with Crippen LogP contribution in [0.4, 0.5) is 0 Å². The molecule has 1 fully saturated rings. The van der Waals surface area contributed by atoms with Gasteiger partial charge in [-0.15, -0.1) is 0 Å². The number of imide groups is 1. The number of carbonyl (C=O) groups excluding carboxylic acids is 2. The van der Waals surface area contributed by atoms with E-state index in [1.54, 1.807) is 0 Å². The predicted octanol–water partition coefficient (Wildman–Crippen LogP) is 1.69. The Balaban J connectivity index is 2.21. The number of hydrogen-bond acceptors (Lipinski definition) is 3. The van der Waals surface area contributed by atoms with Crippen molar-refractivity contribution in [1.82, 2.24) is 4.90 Å². The third-order valence-corrected chi connectivity index (χ3v) is 3.68. The van der Waals surface area contributed by atoms with E-state index in [2.05, 4.69) is 0 Å². The standard InChI is InChI=1S/C15H19NO3/c1-2-12(8-9-17)16-14(18)10-13(15(16)19)11-6-4-3-5-7-11/h3-7,12-13,17H,2,8-10H2,1H3. The zero-order chi connectivity index (χ0) is 13.8. The predicted molar refractivity (Wildman–Crippen MR) is 71.4 cm³/mol. The van der Waals surface area contributed by atoms with Crippen LogP contribution in [0.25, 0.3) is 0 Å². The number of aliphatic hydroxyl groups is 1. The summed E-state index contributed by atoms with van der Waals surface area (Å²) in [5.74, 6) is -0.614. The van der Waals surface area contributed by atoms with Gasteiger partial charge < -0.3 is 5.11 Å². The topological polar surface area (TPSA) is 57.6 Å². The fourth-order valence-electron chi connectivity index (χ4n) is 2.65. The van der Waals surface area contributed by atoms with Crippen LogP contribution in [0.1, 0.15) is 37.7 Å². The maximum atomic E-state index is 12.4. The number of amides is 2. The summed E-state index contributed by atoms with van der Waals surface area (Å²) in [6, 6.07) is 9.22. The van der Waals surface area contributed by atoms with Gasteiger partial charge in [0.1, 0.15) is 0 Å². The lowest BCUT2D eigenvalue weighted by molar-refractivity contribution is -0.141. The van der Waals surface area contributed by atoms with Gasteiger partial charge in [-0.25, -0.2) is 0 Å². The second-order valence-corrected chi connectivity index (χ2v) is 4.84. The summed E-state index contributed by atoms with van der Waals surface area (Å²) in [6.07, 6.45) is 1.37. The number of hydrogen-bond donors (Lipinski definition) is 1. The lowest BCUT2D eigenvalue weighted by Crippen LogP contribution is -2.40. The normalized spacial score (nSPS) is 20.9. The van der Waals surface area contributed by atoms with Gasteiger partial charge in [-0.1, -0.05) is 37.3 Å². The Morgan fingerprint density at radius 1 is 1.32 bits per heavy atom. The highest BCUT2D eigenvalue weighted by Gasteiger charge is 2.42. The smallest absolute Gasteiger partial charge is 0.237 e. The van der Waals surface area contributed by atoms with Crippen LogP contribution in [0.5, 0.6) is 0 Å². The fourth-order valence-corrected chi connectivity index (χ4v) is 2.65. The van der Waals surface area contributed by atoms with Gasteiger partial charge in [0.15, 0.2) is 0 Å². The third kappa shape index (κ3) is 2.68. The van der Waals surface area contributed by atoms with E-state index in [0.717, 1.165) is 5.56 Å². The highest BCUT2D eigenvalue weighted by atomic mass is 16.3. The van der Waals surface area contributed by atoms with E-state index in [9.17, 15) is 9.59 Å². The van der Waals surface area contributed by atoms with Crippen molar-refractivity contribution >= 4 is 11.8 Å². The maximum absolute atomic E-state index is 12.4. The van der Waals surface area contributed by atoms with Crippen LogP contribution < -0.4 is 0 Å². The number of aliphatic hydroxyl groups excluding tert-OH is 1. The molecule has 0 bridgehead atoms. The van der Waals surface area contributed by atoms with Gasteiger partial charge in [0.05, 0.1) is 5.92 Å². The van der Waals surface area contributed by atoms with Gasteiger partial charge in [0.25, 0.3) is 0 Å². The van der Waals surface area contributed by atoms with Crippen LogP contribution >= 0.6 is 0 Å². The highest BCUT2D eigenvalue weighted by molar-refractivity contribution is 6.06. The first-order chi connectivity index (χ1) is 9.19. The molecule has 1 aliphatic rings. The Bertz CT molecular complexity index is 458. The SMILES string of the molecule is CCC(CCO)N1C(=O)CC(c2ccccc2)C1=O. The van der Waals surface area contributed by atoms with Crippen LogP contribution in [0.15, 0.2) is 30.3 Å². The number of carbonyl (C=O) groups is 2. The van der Waals surface area contributed by atoms with E-state index in [1.165, 1.54) is 4.90 Å². The van der Waals surface area contributed by atoms with Gasteiger partial charge in [0.2, 0.25) is 11.8 Å². The van der Waals surface area contributed by atoms with Crippen LogP contribution in [-0.2, 0) is 9.59 Å². The quantitative estimate of drug-likeness (QED) is 0.821. The summed E-state index contributed by atoms with van der Waals surface area (Å²) in [4.78, 5) is 25.8. The minimum absolute atomic E-state index is 0.00836. The maximum Gasteiger partial charge on any atom is 0.237 e. The van der Waals surface area contributed by atoms with E-state index < -0.39 is 0 Å². The first kappa shape index (κ1) is 13.7. The van der Waals surface area contributed by atoms with Gasteiger partial charge >= 0.3 is 0 Å². The Morgan fingerprint density at radius 3 is 2.58 bits per heavy atom. The Hall–Kier alpha value is -1.68. The molecule has 1 aromatic carbocycles. The minimum atomic E-state index is -0.360. The van der Waals surface area contributed by atoms with Crippen molar-refractivity contribution < 1.29 is 14.7 Å². The van der Waals surface area contributed by atoms with Gasteiger partial charge in [-0.2, -0.15) is 0 Å². The van der Waals surface area contributed by atoms with Crippen molar-refractivity contribution in [3.8, 4) is 0 Å². The summed E-state index contributed by atoms with van der Waals surface area (Å²) >= 11 is 0. The van der Waals surface area contributed by atoms with Crippen LogP contribution in [-0.4, -0.2) is 34.5 Å². The van der Waals surface area contributed by atoms with Gasteiger partial charge in [-0.3, -0.25) is 14.5 Å². The Labute approximate surface area is 113 Å². The highest BCUT2D eigenvalue weighted by Crippen LogP contribution is 2.31. The van der Waals surface area contributed by atoms with Crippen LogP contribution in [0.2, 0.25) is 0 Å². The molecule has 1 aliphatic heterocycles. The number of benzene rings is 1. The summed E-state index contributed by atoms with van der Waals surface area (Å²) in [7, 11) is 0. The van der Waals surface area contributed by atoms with Crippen molar-refractivity contribution in [2.45, 2.75) is 38.1 Å². The molecular formula is C15H19NO3. The first-order valence-electron chi connectivity index (χ1n) is 6.70. The van der Waals surface area contributed by atoms with E-state index in [1.807, 2.05) is 37.3 Å². The van der Waals surface area contributed by atoms with Gasteiger partial charge in [0, 0.05) is 19.1 Å². The van der Waals surface area contributed by atoms with Crippen molar-refractivity contribution in [2.75, 3.05) is 6.61 Å². The molecule has 2 amide bonds. The molecule has 0 aromatic heterocycles. The molecular weight excluding hydrogens is 242 g/mol. The zero-order valence-corrected chi connectivity index (χ0v) is 11.1. The van der Waals surface area contributed by atoms with Crippen LogP contribution in [0, 0.1) is 0 Å². The summed E-state index contributed by atoms with van der Waals surface area (Å²) in [5, 5.41) is 9.03. The molecule has 1 N–H and O–H groups in total. The second kappa shape index (κ2) is 5.97. The number of nitrogens with zero attached hydrogens (tertiary/aromatic N) is 1. The lowest BCUT2D eigenvalue weighted by atomic mass is 9.98. The van der Waals surface area contributed by atoms with Crippen molar-refractivity contribution in [1.29, 1.82) is 0 Å². The van der Waals surface area contributed by atoms with E-state index in [0.29, 0.717) is 12.8 Å². The fraction of sp³-hybridized carbons (Fsp3) is 0.467. The molecule has 102 valence electrons. The molecule has 2 rings (SSSR count). The van der Waals surface area contributed by atoms with Crippen LogP contribution in [0.3, 0.4) is 0 Å². The van der Waals surface area contributed by atoms with E-state index in [4.69, 9.17) is 5.11 Å². The molecule has 2 atom stereocenters. The summed E-state index contributed by atoms with van der Waals surface area (Å²) in [6.45, 7) is 1.92. The molecule has 4 heteroatoms. The van der Waals surface area contributed by atoms with E-state index in [-0.39, 0.29) is 36.8 Å². The molecule has 0 aliphatic carbocycles. The Morgan fingerprint density at radius 2 is 2.00 bits per heavy atom. The van der Waals surface area contributed by atoms with Crippen molar-refractivity contribution in [3.63, 3.8) is 0 Å². The molecule has 1 saturated heterocycles. The number of rotatable bonds is 5. The van der Waals surface area contributed by atoms with E-state index >= 15 is 0 Å². The third-order valence-electron chi connectivity index (χ3n) is 3.68. The zero-order valence-electron chi connectivity index (χ0n) is 11.1. The molecule has 19 heavy (non-hydrogen) atoms. The first-order valence-corrected chi connectivity index (χ1v) is 6.70. The average Bonchev–Trinajstić information content (AvgIpc) is 2.73. The average molecular weight is 261 g/mol. The molecule has 4 nitrogen and oxygen atoms in total. The molecule has 1 aromatic rings. The summed E-state index contributed by atoms with van der Waals surface area (Å²) in [5.41, 5.74) is 0.891. The monoisotopic (exact) mass is 261 g/mol. The molecule has 0 saturated carbocycles. The lowest BCUT2D eigenvalue weighted by Gasteiger charge is -2.25. The second-order valence-electron chi connectivity index (χ2n) is 4.84. The molecule has 1 heterocycles. The Kier molecular flexibility index (Phi) is 4.32. The van der Waals surface area contributed by atoms with Crippen molar-refractivity contribution in [3.05, 3.63) is 35.9 Å². The molecule has 0 radical (unpaired) electrons. The van der Waals surface area contributed by atoms with Gasteiger partial charge in [-0.05, 0) is 18.4 Å². The molecule has 2 unspecified atom stereocenters.